The maximum Gasteiger partial charge on any atom is 0.343 e. The molecule has 1 saturated heterocycles. The molecule has 0 aliphatic carbocycles. The van der Waals surface area contributed by atoms with E-state index in [1.165, 1.54) is 0 Å². The van der Waals surface area contributed by atoms with Crippen molar-refractivity contribution in [2.75, 3.05) is 26.2 Å². The average molecular weight is 143 g/mol. The number of hydrogen-bond donors (Lipinski definition) is 2. The van der Waals surface area contributed by atoms with E-state index in [1.54, 1.807) is 11.4 Å². The Morgan fingerprint density at radius 2 is 2.10 bits per heavy atom. The van der Waals surface area contributed by atoms with Gasteiger partial charge in [-0.2, -0.15) is 5.12 Å². The summed E-state index contributed by atoms with van der Waals surface area (Å²) in [5.41, 5.74) is 0. The highest BCUT2D eigenvalue weighted by molar-refractivity contribution is 5.45. The fourth-order valence-corrected chi connectivity index (χ4v) is 0.926. The van der Waals surface area contributed by atoms with Crippen LogP contribution in [0.15, 0.2) is 0 Å². The highest BCUT2D eigenvalue weighted by Crippen LogP contribution is 1.90. The van der Waals surface area contributed by atoms with Gasteiger partial charge in [0.15, 0.2) is 0 Å². The quantitative estimate of drug-likeness (QED) is 0.204. The van der Waals surface area contributed by atoms with Gasteiger partial charge in [0, 0.05) is 26.2 Å². The molecule has 0 aromatic heterocycles. The van der Waals surface area contributed by atoms with Crippen molar-refractivity contribution in [3.63, 3.8) is 0 Å². The summed E-state index contributed by atoms with van der Waals surface area (Å²) >= 11 is 0. The van der Waals surface area contributed by atoms with Gasteiger partial charge in [-0.05, 0) is 0 Å². The molecule has 0 spiro atoms. The van der Waals surface area contributed by atoms with Crippen LogP contribution in [0.3, 0.4) is 0 Å². The highest BCUT2D eigenvalue weighted by Gasteiger charge is 2.13. The van der Waals surface area contributed by atoms with Crippen molar-refractivity contribution < 1.29 is 4.79 Å². The van der Waals surface area contributed by atoms with Crippen LogP contribution >= 0.6 is 0 Å². The molecule has 57 valence electrons. The van der Waals surface area contributed by atoms with Crippen LogP contribution in [0.25, 0.3) is 0 Å². The molecule has 0 bridgehead atoms. The van der Waals surface area contributed by atoms with Crippen molar-refractivity contribution in [2.24, 2.45) is 5.84 Å². The third-order valence-corrected chi connectivity index (χ3v) is 1.49. The molecule has 1 radical (unpaired) electrons. The van der Waals surface area contributed by atoms with E-state index >= 15 is 0 Å². The fourth-order valence-electron chi connectivity index (χ4n) is 0.926. The minimum absolute atomic E-state index is 0.770. The molecule has 0 atom stereocenters. The van der Waals surface area contributed by atoms with E-state index in [0.717, 1.165) is 31.3 Å². The zero-order chi connectivity index (χ0) is 7.40. The van der Waals surface area contributed by atoms with Crippen LogP contribution in [0.5, 0.6) is 0 Å². The molecule has 1 amide bonds. The predicted molar refractivity (Wildman–Crippen MR) is 36.2 cm³/mol. The van der Waals surface area contributed by atoms with E-state index in [0.29, 0.717) is 0 Å². The second-order valence-electron chi connectivity index (χ2n) is 2.14. The Bertz CT molecular complexity index is 112. The zero-order valence-corrected chi connectivity index (χ0v) is 5.71. The fraction of sp³-hybridized carbons (Fsp3) is 0.800. The van der Waals surface area contributed by atoms with Gasteiger partial charge in [-0.15, -0.1) is 0 Å². The number of amides is 1. The van der Waals surface area contributed by atoms with Crippen LogP contribution < -0.4 is 11.2 Å². The van der Waals surface area contributed by atoms with Crippen molar-refractivity contribution in [1.29, 1.82) is 0 Å². The Labute approximate surface area is 59.7 Å². The summed E-state index contributed by atoms with van der Waals surface area (Å²) in [5, 5.41) is 5.85. The van der Waals surface area contributed by atoms with Crippen molar-refractivity contribution in [2.45, 2.75) is 0 Å². The lowest BCUT2D eigenvalue weighted by Gasteiger charge is -2.30. The SMILES string of the molecule is NN([C]=O)N1CCNCC1. The second kappa shape index (κ2) is 3.50. The molecule has 1 fully saturated rings. The van der Waals surface area contributed by atoms with Crippen molar-refractivity contribution >= 4 is 6.41 Å². The number of nitrogens with two attached hydrogens (primary N) is 1. The summed E-state index contributed by atoms with van der Waals surface area (Å²) in [6.07, 6.45) is 1.59. The largest absolute Gasteiger partial charge is 0.343 e. The molecular weight excluding hydrogens is 132 g/mol. The molecule has 0 aromatic rings. The van der Waals surface area contributed by atoms with Crippen LogP contribution in [0, 0.1) is 0 Å². The molecule has 5 nitrogen and oxygen atoms in total. The number of rotatable bonds is 2. The summed E-state index contributed by atoms with van der Waals surface area (Å²) in [6.45, 7) is 3.28. The van der Waals surface area contributed by atoms with E-state index < -0.39 is 0 Å². The standard InChI is InChI=1S/C5H11N4O/c6-9(5-10)8-3-1-7-2-4-8/h7H,1-4,6H2. The molecule has 0 saturated carbocycles. The van der Waals surface area contributed by atoms with Crippen LogP contribution in [0.1, 0.15) is 0 Å². The van der Waals surface area contributed by atoms with Crippen LogP contribution in [0.2, 0.25) is 0 Å². The Balaban J connectivity index is 2.30. The van der Waals surface area contributed by atoms with E-state index in [2.05, 4.69) is 5.32 Å². The van der Waals surface area contributed by atoms with Crippen LogP contribution in [-0.4, -0.2) is 42.7 Å². The summed E-state index contributed by atoms with van der Waals surface area (Å²) < 4.78 is 0. The lowest BCUT2D eigenvalue weighted by molar-refractivity contribution is 0.0292. The number of nitrogens with zero attached hydrogens (tertiary/aromatic N) is 2. The van der Waals surface area contributed by atoms with Gasteiger partial charge >= 0.3 is 6.41 Å². The first-order valence-electron chi connectivity index (χ1n) is 3.23. The molecule has 1 aliphatic rings. The normalized spacial score (nSPS) is 20.5. The first kappa shape index (κ1) is 7.46. The first-order valence-corrected chi connectivity index (χ1v) is 3.23. The third-order valence-electron chi connectivity index (χ3n) is 1.49. The lowest BCUT2D eigenvalue weighted by atomic mass is 10.4. The van der Waals surface area contributed by atoms with Gasteiger partial charge < -0.3 is 5.32 Å². The number of carbonyl (C=O) groups excluding carboxylic acids is 1. The molecule has 1 heterocycles. The first-order chi connectivity index (χ1) is 4.84. The molecule has 5 heteroatoms. The maximum absolute atomic E-state index is 10.0. The lowest BCUT2D eigenvalue weighted by Crippen LogP contribution is -2.54. The number of piperazine rings is 1. The molecule has 10 heavy (non-hydrogen) atoms. The number of hydrazine groups is 2. The molecule has 1 aliphatic heterocycles. The van der Waals surface area contributed by atoms with Gasteiger partial charge in [0.25, 0.3) is 0 Å². The van der Waals surface area contributed by atoms with E-state index in [-0.39, 0.29) is 0 Å². The van der Waals surface area contributed by atoms with Crippen LogP contribution in [0.4, 0.5) is 0 Å². The molecule has 0 aromatic carbocycles. The van der Waals surface area contributed by atoms with Gasteiger partial charge in [-0.3, -0.25) is 4.79 Å². The van der Waals surface area contributed by atoms with Gasteiger partial charge in [-0.25, -0.2) is 10.9 Å². The maximum atomic E-state index is 10.0. The van der Waals surface area contributed by atoms with Gasteiger partial charge in [0.1, 0.15) is 0 Å². The van der Waals surface area contributed by atoms with Crippen molar-refractivity contribution in [1.82, 2.24) is 15.4 Å². The monoisotopic (exact) mass is 143 g/mol. The summed E-state index contributed by atoms with van der Waals surface area (Å²) in [5.74, 6) is 5.26. The average Bonchev–Trinajstić information content (AvgIpc) is 2.05. The molecular formula is C5H11N4O. The smallest absolute Gasteiger partial charge is 0.314 e. The third kappa shape index (κ3) is 1.66. The van der Waals surface area contributed by atoms with E-state index in [1.807, 2.05) is 0 Å². The number of nitrogens with one attached hydrogen (secondary N) is 1. The summed E-state index contributed by atoms with van der Waals surface area (Å²) in [6, 6.07) is 0. The van der Waals surface area contributed by atoms with Crippen molar-refractivity contribution in [3.8, 4) is 0 Å². The van der Waals surface area contributed by atoms with Gasteiger partial charge in [0.05, 0.1) is 0 Å². The minimum Gasteiger partial charge on any atom is -0.314 e. The van der Waals surface area contributed by atoms with Gasteiger partial charge in [0.2, 0.25) is 0 Å². The number of hydrogen-bond acceptors (Lipinski definition) is 4. The Morgan fingerprint density at radius 1 is 1.50 bits per heavy atom. The Kier molecular flexibility index (Phi) is 2.61. The molecule has 1 rings (SSSR count). The highest BCUT2D eigenvalue weighted by atomic mass is 16.2. The second-order valence-corrected chi connectivity index (χ2v) is 2.14. The minimum atomic E-state index is 0.770. The predicted octanol–water partition coefficient (Wildman–Crippen LogP) is -1.95. The molecule has 3 N–H and O–H groups in total. The Morgan fingerprint density at radius 3 is 2.60 bits per heavy atom. The van der Waals surface area contributed by atoms with Crippen molar-refractivity contribution in [3.05, 3.63) is 0 Å². The van der Waals surface area contributed by atoms with E-state index in [4.69, 9.17) is 5.84 Å². The molecule has 0 unspecified atom stereocenters. The van der Waals surface area contributed by atoms with E-state index in [9.17, 15) is 4.79 Å². The summed E-state index contributed by atoms with van der Waals surface area (Å²) in [4.78, 5) is 10.0. The van der Waals surface area contributed by atoms with Crippen LogP contribution in [-0.2, 0) is 4.79 Å². The van der Waals surface area contributed by atoms with Gasteiger partial charge in [-0.1, -0.05) is 0 Å². The zero-order valence-electron chi connectivity index (χ0n) is 5.71. The Hall–Kier alpha value is -0.650. The topological polar surface area (TPSA) is 61.6 Å². The summed E-state index contributed by atoms with van der Waals surface area (Å²) in [7, 11) is 0.